The number of rotatable bonds is 2. The molecule has 0 amide bonds. The number of piperidine rings is 1. The van der Waals surface area contributed by atoms with Crippen LogP contribution in [0.15, 0.2) is 12.1 Å². The van der Waals surface area contributed by atoms with Crippen molar-refractivity contribution >= 4 is 5.82 Å². The van der Waals surface area contributed by atoms with E-state index in [1.807, 2.05) is 6.07 Å². The minimum atomic E-state index is -4.52. The number of alkyl halides is 3. The lowest BCUT2D eigenvalue weighted by Gasteiger charge is -2.36. The summed E-state index contributed by atoms with van der Waals surface area (Å²) in [6, 6.07) is 3.85. The summed E-state index contributed by atoms with van der Waals surface area (Å²) in [6.07, 6.45) is -1.87. The molecular weight excluding hydrogens is 269 g/mol. The Bertz CT molecular complexity index is 521. The fourth-order valence-electron chi connectivity index (χ4n) is 2.44. The first-order valence-corrected chi connectivity index (χ1v) is 6.42. The van der Waals surface area contributed by atoms with Crippen LogP contribution in [0.1, 0.15) is 30.5 Å². The summed E-state index contributed by atoms with van der Waals surface area (Å²) in [5.74, 6) is 0.0949. The highest BCUT2D eigenvalue weighted by Gasteiger charge is 2.34. The van der Waals surface area contributed by atoms with Crippen molar-refractivity contribution in [3.63, 3.8) is 0 Å². The van der Waals surface area contributed by atoms with Crippen molar-refractivity contribution in [3.05, 3.63) is 23.4 Å². The molecule has 1 saturated heterocycles. The van der Waals surface area contributed by atoms with E-state index >= 15 is 0 Å². The number of anilines is 1. The molecule has 108 valence electrons. The number of nitrogens with zero attached hydrogens (tertiary/aromatic N) is 3. The highest BCUT2D eigenvalue weighted by atomic mass is 19.4. The monoisotopic (exact) mass is 284 g/mol. The van der Waals surface area contributed by atoms with Gasteiger partial charge >= 0.3 is 6.18 Å². The Balaban J connectivity index is 2.45. The van der Waals surface area contributed by atoms with Crippen molar-refractivity contribution < 1.29 is 13.2 Å². The zero-order valence-electron chi connectivity index (χ0n) is 10.8. The summed E-state index contributed by atoms with van der Waals surface area (Å²) < 4.78 is 38.3. The molecule has 2 heterocycles. The summed E-state index contributed by atoms with van der Waals surface area (Å²) in [7, 11) is 0. The van der Waals surface area contributed by atoms with E-state index in [2.05, 4.69) is 4.98 Å². The quantitative estimate of drug-likeness (QED) is 0.905. The first-order chi connectivity index (χ1) is 9.47. The van der Waals surface area contributed by atoms with E-state index in [1.165, 1.54) is 6.07 Å². The summed E-state index contributed by atoms with van der Waals surface area (Å²) in [4.78, 5) is 5.39. The Morgan fingerprint density at radius 2 is 2.15 bits per heavy atom. The topological polar surface area (TPSA) is 65.9 Å². The van der Waals surface area contributed by atoms with E-state index in [9.17, 15) is 13.2 Å². The van der Waals surface area contributed by atoms with Crippen LogP contribution >= 0.6 is 0 Å². The van der Waals surface area contributed by atoms with Gasteiger partial charge in [0.05, 0.1) is 5.56 Å². The van der Waals surface area contributed by atoms with Gasteiger partial charge in [0.1, 0.15) is 17.6 Å². The van der Waals surface area contributed by atoms with Crippen LogP contribution in [0.4, 0.5) is 19.0 Å². The third kappa shape index (κ3) is 2.85. The van der Waals surface area contributed by atoms with E-state index in [-0.39, 0.29) is 17.4 Å². The fourth-order valence-corrected chi connectivity index (χ4v) is 2.44. The standard InChI is InChI=1S/C13H15F3N4/c14-13(15,16)11-5-4-9(7-17)12(19-11)20-6-2-1-3-10(20)8-18/h4-5,10H,1-3,6,8,18H2. The largest absolute Gasteiger partial charge is 0.433 e. The second-order valence-electron chi connectivity index (χ2n) is 4.76. The molecule has 0 aliphatic carbocycles. The van der Waals surface area contributed by atoms with Gasteiger partial charge in [0.15, 0.2) is 0 Å². The number of halogens is 3. The molecule has 0 bridgehead atoms. The molecule has 7 heteroatoms. The zero-order valence-corrected chi connectivity index (χ0v) is 10.8. The van der Waals surface area contributed by atoms with Crippen molar-refractivity contribution in [1.29, 1.82) is 5.26 Å². The van der Waals surface area contributed by atoms with Gasteiger partial charge in [0.25, 0.3) is 0 Å². The van der Waals surface area contributed by atoms with Crippen LogP contribution in [-0.2, 0) is 6.18 Å². The van der Waals surface area contributed by atoms with Crippen LogP contribution in [-0.4, -0.2) is 24.1 Å². The molecule has 0 radical (unpaired) electrons. The van der Waals surface area contributed by atoms with Gasteiger partial charge < -0.3 is 10.6 Å². The van der Waals surface area contributed by atoms with Crippen molar-refractivity contribution in [3.8, 4) is 6.07 Å². The van der Waals surface area contributed by atoms with E-state index in [0.717, 1.165) is 25.3 Å². The molecule has 4 nitrogen and oxygen atoms in total. The lowest BCUT2D eigenvalue weighted by atomic mass is 10.0. The van der Waals surface area contributed by atoms with Crippen LogP contribution < -0.4 is 10.6 Å². The van der Waals surface area contributed by atoms with Crippen LogP contribution in [0.2, 0.25) is 0 Å². The van der Waals surface area contributed by atoms with Crippen molar-refractivity contribution in [1.82, 2.24) is 4.98 Å². The summed E-state index contributed by atoms with van der Waals surface area (Å²) >= 11 is 0. The lowest BCUT2D eigenvalue weighted by molar-refractivity contribution is -0.141. The van der Waals surface area contributed by atoms with Crippen molar-refractivity contribution in [2.45, 2.75) is 31.5 Å². The highest BCUT2D eigenvalue weighted by molar-refractivity contribution is 5.55. The summed E-state index contributed by atoms with van der Waals surface area (Å²) in [5.41, 5.74) is 4.84. The predicted molar refractivity (Wildman–Crippen MR) is 68.0 cm³/mol. The maximum Gasteiger partial charge on any atom is 0.433 e. The van der Waals surface area contributed by atoms with E-state index in [4.69, 9.17) is 11.0 Å². The van der Waals surface area contributed by atoms with Gasteiger partial charge in [-0.1, -0.05) is 0 Å². The second kappa shape index (κ2) is 5.67. The van der Waals surface area contributed by atoms with Gasteiger partial charge in [-0.25, -0.2) is 4.98 Å². The van der Waals surface area contributed by atoms with Crippen LogP contribution in [0, 0.1) is 11.3 Å². The molecule has 20 heavy (non-hydrogen) atoms. The Morgan fingerprint density at radius 3 is 2.75 bits per heavy atom. The maximum atomic E-state index is 12.8. The number of nitrogens with two attached hydrogens (primary N) is 1. The molecule has 2 rings (SSSR count). The fraction of sp³-hybridized carbons (Fsp3) is 0.538. The lowest BCUT2D eigenvalue weighted by Crippen LogP contribution is -2.45. The molecule has 0 aromatic carbocycles. The molecule has 1 aromatic heterocycles. The normalized spacial score (nSPS) is 19.8. The van der Waals surface area contributed by atoms with E-state index < -0.39 is 11.9 Å². The molecule has 1 fully saturated rings. The van der Waals surface area contributed by atoms with Crippen LogP contribution in [0.5, 0.6) is 0 Å². The summed E-state index contributed by atoms with van der Waals surface area (Å²) in [6.45, 7) is 0.910. The second-order valence-corrected chi connectivity index (χ2v) is 4.76. The molecule has 1 unspecified atom stereocenters. The zero-order chi connectivity index (χ0) is 14.8. The summed E-state index contributed by atoms with van der Waals surface area (Å²) in [5, 5.41) is 9.07. The Morgan fingerprint density at radius 1 is 1.40 bits per heavy atom. The molecule has 1 aromatic rings. The highest BCUT2D eigenvalue weighted by Crippen LogP contribution is 2.32. The third-order valence-corrected chi connectivity index (χ3v) is 3.46. The molecular formula is C13H15F3N4. The molecule has 1 aliphatic heterocycles. The number of aromatic nitrogens is 1. The van der Waals surface area contributed by atoms with Crippen LogP contribution in [0.25, 0.3) is 0 Å². The SMILES string of the molecule is N#Cc1ccc(C(F)(F)F)nc1N1CCCCC1CN. The van der Waals surface area contributed by atoms with Gasteiger partial charge in [-0.15, -0.1) is 0 Å². The Hall–Kier alpha value is -1.81. The number of pyridine rings is 1. The average Bonchev–Trinajstić information content (AvgIpc) is 2.45. The third-order valence-electron chi connectivity index (χ3n) is 3.46. The first-order valence-electron chi connectivity index (χ1n) is 6.42. The predicted octanol–water partition coefficient (Wildman–Crippen LogP) is 2.29. The molecule has 1 aliphatic rings. The van der Waals surface area contributed by atoms with Crippen molar-refractivity contribution in [2.24, 2.45) is 5.73 Å². The maximum absolute atomic E-state index is 12.8. The van der Waals surface area contributed by atoms with Gasteiger partial charge in [0.2, 0.25) is 0 Å². The van der Waals surface area contributed by atoms with Crippen molar-refractivity contribution in [2.75, 3.05) is 18.0 Å². The Kier molecular flexibility index (Phi) is 4.14. The number of hydrogen-bond acceptors (Lipinski definition) is 4. The minimum absolute atomic E-state index is 0.0631. The van der Waals surface area contributed by atoms with E-state index in [0.29, 0.717) is 13.1 Å². The molecule has 1 atom stereocenters. The number of hydrogen-bond donors (Lipinski definition) is 1. The molecule has 0 spiro atoms. The molecule has 0 saturated carbocycles. The van der Waals surface area contributed by atoms with Gasteiger partial charge in [-0.2, -0.15) is 18.4 Å². The van der Waals surface area contributed by atoms with Gasteiger partial charge in [0, 0.05) is 19.1 Å². The van der Waals surface area contributed by atoms with E-state index in [1.54, 1.807) is 4.90 Å². The van der Waals surface area contributed by atoms with Gasteiger partial charge in [-0.3, -0.25) is 0 Å². The molecule has 2 N–H and O–H groups in total. The number of nitriles is 1. The minimum Gasteiger partial charge on any atom is -0.351 e. The Labute approximate surface area is 115 Å². The average molecular weight is 284 g/mol. The first kappa shape index (κ1) is 14.6. The smallest absolute Gasteiger partial charge is 0.351 e. The van der Waals surface area contributed by atoms with Gasteiger partial charge in [-0.05, 0) is 31.4 Å². The van der Waals surface area contributed by atoms with Crippen LogP contribution in [0.3, 0.4) is 0 Å².